The van der Waals surface area contributed by atoms with E-state index in [0.717, 1.165) is 42.4 Å². The van der Waals surface area contributed by atoms with E-state index < -0.39 is 0 Å². The van der Waals surface area contributed by atoms with Crippen LogP contribution in [0, 0.1) is 5.92 Å². The van der Waals surface area contributed by atoms with Gasteiger partial charge in [0, 0.05) is 31.5 Å². The Hall–Kier alpha value is -0.250. The van der Waals surface area contributed by atoms with Crippen LogP contribution in [0.3, 0.4) is 0 Å². The molecule has 0 saturated carbocycles. The van der Waals surface area contributed by atoms with Gasteiger partial charge in [-0.3, -0.25) is 4.90 Å². The molecule has 0 aromatic heterocycles. The minimum atomic E-state index is 0.816. The molecule has 0 aliphatic carbocycles. The van der Waals surface area contributed by atoms with E-state index in [-0.39, 0.29) is 0 Å². The summed E-state index contributed by atoms with van der Waals surface area (Å²) >= 11 is 9.80. The number of piperazine rings is 1. The van der Waals surface area contributed by atoms with Crippen molar-refractivity contribution in [1.29, 1.82) is 0 Å². The summed E-state index contributed by atoms with van der Waals surface area (Å²) in [6.07, 6.45) is 2.58. The monoisotopic (exact) mass is 358 g/mol. The lowest BCUT2D eigenvalue weighted by molar-refractivity contribution is 0.240. The van der Waals surface area contributed by atoms with Gasteiger partial charge in [0.25, 0.3) is 0 Å². The SMILES string of the molecule is CC(CCBr)CCN1CCN(c2ccccc2Cl)CC1. The minimum absolute atomic E-state index is 0.816. The minimum Gasteiger partial charge on any atom is -0.368 e. The highest BCUT2D eigenvalue weighted by Crippen LogP contribution is 2.26. The first-order valence-corrected chi connectivity index (χ1v) is 8.98. The molecule has 1 fully saturated rings. The Labute approximate surface area is 136 Å². The summed E-state index contributed by atoms with van der Waals surface area (Å²) in [5.41, 5.74) is 1.18. The fourth-order valence-electron chi connectivity index (χ4n) is 2.65. The van der Waals surface area contributed by atoms with Gasteiger partial charge >= 0.3 is 0 Å². The molecule has 1 aliphatic heterocycles. The van der Waals surface area contributed by atoms with E-state index in [9.17, 15) is 0 Å². The third-order valence-electron chi connectivity index (χ3n) is 4.11. The molecule has 1 heterocycles. The highest BCUT2D eigenvalue weighted by atomic mass is 79.9. The van der Waals surface area contributed by atoms with Crippen LogP contribution in [0.1, 0.15) is 19.8 Å². The lowest BCUT2D eigenvalue weighted by atomic mass is 10.0. The molecule has 1 aromatic carbocycles. The summed E-state index contributed by atoms with van der Waals surface area (Å²) in [5.74, 6) is 0.816. The normalized spacial score (nSPS) is 18.2. The first-order chi connectivity index (χ1) is 9.70. The van der Waals surface area contributed by atoms with Crippen molar-refractivity contribution in [1.82, 2.24) is 4.90 Å². The molecular formula is C16H24BrClN2. The van der Waals surface area contributed by atoms with Gasteiger partial charge in [-0.25, -0.2) is 0 Å². The van der Waals surface area contributed by atoms with Crippen LogP contribution in [0.2, 0.25) is 5.02 Å². The molecule has 1 saturated heterocycles. The van der Waals surface area contributed by atoms with Crippen molar-refractivity contribution >= 4 is 33.2 Å². The highest BCUT2D eigenvalue weighted by molar-refractivity contribution is 9.09. The summed E-state index contributed by atoms with van der Waals surface area (Å²) in [4.78, 5) is 4.98. The van der Waals surface area contributed by atoms with Gasteiger partial charge in [0.05, 0.1) is 10.7 Å². The second kappa shape index (κ2) is 8.26. The lowest BCUT2D eigenvalue weighted by Crippen LogP contribution is -2.46. The first-order valence-electron chi connectivity index (χ1n) is 7.48. The van der Waals surface area contributed by atoms with Crippen molar-refractivity contribution in [3.63, 3.8) is 0 Å². The van der Waals surface area contributed by atoms with Gasteiger partial charge in [-0.05, 0) is 37.4 Å². The molecule has 4 heteroatoms. The standard InChI is InChI=1S/C16H24BrClN2/c1-14(6-8-17)7-9-19-10-12-20(13-11-19)16-5-3-2-4-15(16)18/h2-5,14H,6-13H2,1H3. The number of hydrogen-bond acceptors (Lipinski definition) is 2. The van der Waals surface area contributed by atoms with E-state index in [1.807, 2.05) is 12.1 Å². The summed E-state index contributed by atoms with van der Waals surface area (Å²) in [7, 11) is 0. The molecule has 20 heavy (non-hydrogen) atoms. The predicted molar refractivity (Wildman–Crippen MR) is 92.3 cm³/mol. The van der Waals surface area contributed by atoms with Gasteiger partial charge in [-0.1, -0.05) is 46.6 Å². The van der Waals surface area contributed by atoms with E-state index in [1.165, 1.54) is 25.1 Å². The average Bonchev–Trinajstić information content (AvgIpc) is 2.47. The molecule has 0 N–H and O–H groups in total. The smallest absolute Gasteiger partial charge is 0.0639 e. The van der Waals surface area contributed by atoms with Crippen molar-refractivity contribution in [2.75, 3.05) is 43.0 Å². The van der Waals surface area contributed by atoms with Crippen LogP contribution < -0.4 is 4.90 Å². The first kappa shape index (κ1) is 16.1. The van der Waals surface area contributed by atoms with E-state index in [4.69, 9.17) is 11.6 Å². The summed E-state index contributed by atoms with van der Waals surface area (Å²) in [6.45, 7) is 8.03. The summed E-state index contributed by atoms with van der Waals surface area (Å²) in [6, 6.07) is 8.16. The molecule has 2 nitrogen and oxygen atoms in total. The van der Waals surface area contributed by atoms with E-state index >= 15 is 0 Å². The van der Waals surface area contributed by atoms with Crippen LogP contribution in [0.15, 0.2) is 24.3 Å². The molecule has 1 unspecified atom stereocenters. The van der Waals surface area contributed by atoms with Crippen LogP contribution in [0.5, 0.6) is 0 Å². The van der Waals surface area contributed by atoms with Crippen LogP contribution in [0.25, 0.3) is 0 Å². The second-order valence-electron chi connectivity index (χ2n) is 5.65. The van der Waals surface area contributed by atoms with Crippen LogP contribution in [0.4, 0.5) is 5.69 Å². The Morgan fingerprint density at radius 2 is 1.85 bits per heavy atom. The molecule has 2 rings (SSSR count). The Bertz CT molecular complexity index is 405. The fraction of sp³-hybridized carbons (Fsp3) is 0.625. The summed E-state index contributed by atoms with van der Waals surface area (Å²) < 4.78 is 0. The molecule has 1 aliphatic rings. The number of alkyl halides is 1. The van der Waals surface area contributed by atoms with Gasteiger partial charge in [-0.15, -0.1) is 0 Å². The van der Waals surface area contributed by atoms with Gasteiger partial charge in [0.15, 0.2) is 0 Å². The third kappa shape index (κ3) is 4.64. The van der Waals surface area contributed by atoms with Crippen molar-refractivity contribution in [3.8, 4) is 0 Å². The molecule has 0 spiro atoms. The Morgan fingerprint density at radius 1 is 1.15 bits per heavy atom. The van der Waals surface area contributed by atoms with Crippen LogP contribution in [-0.2, 0) is 0 Å². The molecule has 0 amide bonds. The molecule has 1 aromatic rings. The largest absolute Gasteiger partial charge is 0.368 e. The molecule has 1 atom stereocenters. The molecular weight excluding hydrogens is 336 g/mol. The zero-order valence-corrected chi connectivity index (χ0v) is 14.5. The Kier molecular flexibility index (Phi) is 6.66. The number of anilines is 1. The third-order valence-corrected chi connectivity index (χ3v) is 4.88. The maximum atomic E-state index is 6.27. The number of para-hydroxylation sites is 1. The van der Waals surface area contributed by atoms with Gasteiger partial charge in [0.2, 0.25) is 0 Å². The molecule has 0 bridgehead atoms. The van der Waals surface area contributed by atoms with Gasteiger partial charge < -0.3 is 4.90 Å². The van der Waals surface area contributed by atoms with Crippen molar-refractivity contribution in [2.24, 2.45) is 5.92 Å². The lowest BCUT2D eigenvalue weighted by Gasteiger charge is -2.36. The summed E-state index contributed by atoms with van der Waals surface area (Å²) in [5, 5.41) is 1.99. The number of nitrogens with zero attached hydrogens (tertiary/aromatic N) is 2. The van der Waals surface area contributed by atoms with Crippen molar-refractivity contribution in [2.45, 2.75) is 19.8 Å². The van der Waals surface area contributed by atoms with Crippen molar-refractivity contribution in [3.05, 3.63) is 29.3 Å². The van der Waals surface area contributed by atoms with Crippen LogP contribution in [-0.4, -0.2) is 43.0 Å². The second-order valence-corrected chi connectivity index (χ2v) is 6.85. The maximum absolute atomic E-state index is 6.27. The molecule has 112 valence electrons. The Balaban J connectivity index is 1.77. The van der Waals surface area contributed by atoms with Gasteiger partial charge in [-0.2, -0.15) is 0 Å². The Morgan fingerprint density at radius 3 is 2.50 bits per heavy atom. The fourth-order valence-corrected chi connectivity index (χ4v) is 3.69. The van der Waals surface area contributed by atoms with Crippen molar-refractivity contribution < 1.29 is 0 Å². The zero-order chi connectivity index (χ0) is 14.4. The topological polar surface area (TPSA) is 6.48 Å². The van der Waals surface area contributed by atoms with E-state index in [1.54, 1.807) is 0 Å². The van der Waals surface area contributed by atoms with E-state index in [0.29, 0.717) is 0 Å². The number of halogens is 2. The average molecular weight is 360 g/mol. The predicted octanol–water partition coefficient (Wildman–Crippen LogP) is 4.27. The number of rotatable bonds is 6. The molecule has 0 radical (unpaired) electrons. The zero-order valence-electron chi connectivity index (χ0n) is 12.2. The van der Waals surface area contributed by atoms with Gasteiger partial charge in [0.1, 0.15) is 0 Å². The quantitative estimate of drug-likeness (QED) is 0.700. The number of hydrogen-bond donors (Lipinski definition) is 0. The highest BCUT2D eigenvalue weighted by Gasteiger charge is 2.18. The maximum Gasteiger partial charge on any atom is 0.0639 e. The number of benzene rings is 1. The van der Waals surface area contributed by atoms with Crippen LogP contribution >= 0.6 is 27.5 Å². The van der Waals surface area contributed by atoms with E-state index in [2.05, 4.69) is 44.8 Å².